The summed E-state index contributed by atoms with van der Waals surface area (Å²) >= 11 is 2.40. The van der Waals surface area contributed by atoms with E-state index >= 15 is 0 Å². The summed E-state index contributed by atoms with van der Waals surface area (Å²) in [6.07, 6.45) is 3.95. The molecule has 3 heteroatoms. The molecule has 1 aromatic carbocycles. The molecule has 0 saturated heterocycles. The molecule has 3 aromatic rings. The van der Waals surface area contributed by atoms with E-state index in [2.05, 4.69) is 69.0 Å². The summed E-state index contributed by atoms with van der Waals surface area (Å²) < 4.78 is 1.28. The summed E-state index contributed by atoms with van der Waals surface area (Å²) in [5, 5.41) is 0. The molecule has 0 aliphatic rings. The fourth-order valence-corrected chi connectivity index (χ4v) is 2.96. The molecule has 0 radical (unpaired) electrons. The Kier molecular flexibility index (Phi) is 3.23. The Balaban J connectivity index is 2.15. The van der Waals surface area contributed by atoms with Crippen LogP contribution in [0.15, 0.2) is 60.9 Å². The third-order valence-electron chi connectivity index (χ3n) is 3.08. The van der Waals surface area contributed by atoms with Gasteiger partial charge in [0.15, 0.2) is 0 Å². The normalized spacial score (nSPS) is 11.0. The summed E-state index contributed by atoms with van der Waals surface area (Å²) in [5.74, 6) is 0.239. The molecule has 90 valence electrons. The first kappa shape index (κ1) is 11.6. The fourth-order valence-electron chi connectivity index (χ4n) is 2.26. The van der Waals surface area contributed by atoms with Crippen LogP contribution in [0.1, 0.15) is 22.9 Å². The topological polar surface area (TPSA) is 31.6 Å². The lowest BCUT2D eigenvalue weighted by atomic mass is 9.93. The van der Waals surface area contributed by atoms with Crippen molar-refractivity contribution in [3.63, 3.8) is 0 Å². The summed E-state index contributed by atoms with van der Waals surface area (Å²) in [7, 11) is 0. The number of aromatic nitrogens is 2. The van der Waals surface area contributed by atoms with Gasteiger partial charge in [0.2, 0.25) is 0 Å². The van der Waals surface area contributed by atoms with Gasteiger partial charge < -0.3 is 9.97 Å². The van der Waals surface area contributed by atoms with Gasteiger partial charge in [0.05, 0.1) is 5.92 Å². The van der Waals surface area contributed by atoms with Crippen molar-refractivity contribution >= 4 is 22.6 Å². The van der Waals surface area contributed by atoms with Crippen LogP contribution in [0.5, 0.6) is 0 Å². The monoisotopic (exact) mass is 348 g/mol. The van der Waals surface area contributed by atoms with Crippen molar-refractivity contribution in [1.29, 1.82) is 0 Å². The first-order valence-corrected chi connectivity index (χ1v) is 6.95. The van der Waals surface area contributed by atoms with Crippen molar-refractivity contribution in [2.75, 3.05) is 0 Å². The summed E-state index contributed by atoms with van der Waals surface area (Å²) in [5.41, 5.74) is 3.74. The molecule has 0 unspecified atom stereocenters. The summed E-state index contributed by atoms with van der Waals surface area (Å²) in [6, 6.07) is 16.9. The van der Waals surface area contributed by atoms with Crippen molar-refractivity contribution in [2.45, 2.75) is 5.92 Å². The lowest BCUT2D eigenvalue weighted by Crippen LogP contribution is -2.06. The highest BCUT2D eigenvalue weighted by atomic mass is 127. The minimum atomic E-state index is 0.239. The lowest BCUT2D eigenvalue weighted by molar-refractivity contribution is 0.892. The van der Waals surface area contributed by atoms with Crippen LogP contribution in [0, 0.1) is 3.57 Å². The molecule has 2 nitrogen and oxygen atoms in total. The highest BCUT2D eigenvalue weighted by Crippen LogP contribution is 2.32. The Hall–Kier alpha value is -1.49. The van der Waals surface area contributed by atoms with Gasteiger partial charge in [-0.25, -0.2) is 0 Å². The predicted molar refractivity (Wildman–Crippen MR) is 81.7 cm³/mol. The quantitative estimate of drug-likeness (QED) is 0.667. The van der Waals surface area contributed by atoms with Gasteiger partial charge in [0.25, 0.3) is 0 Å². The van der Waals surface area contributed by atoms with Crippen LogP contribution in [0.2, 0.25) is 0 Å². The number of nitrogens with one attached hydrogen (secondary N) is 2. The largest absolute Gasteiger partial charge is 0.364 e. The van der Waals surface area contributed by atoms with Crippen LogP contribution in [0.25, 0.3) is 0 Å². The molecule has 0 bridgehead atoms. The molecule has 0 aliphatic heterocycles. The number of halogens is 1. The molecular weight excluding hydrogens is 335 g/mol. The molecule has 0 aliphatic carbocycles. The summed E-state index contributed by atoms with van der Waals surface area (Å²) in [4.78, 5) is 6.66. The highest BCUT2D eigenvalue weighted by Gasteiger charge is 2.20. The molecule has 0 spiro atoms. The second-order valence-electron chi connectivity index (χ2n) is 4.21. The van der Waals surface area contributed by atoms with Gasteiger partial charge in [-0.1, -0.05) is 18.2 Å². The van der Waals surface area contributed by atoms with Crippen LogP contribution in [0.3, 0.4) is 0 Å². The third kappa shape index (κ3) is 2.10. The standard InChI is InChI=1S/C15H13IN2/c16-12-6-2-1-5-11(12)15(13-7-3-9-17-13)14-8-4-10-18-14/h1-10,15,17-18H. The Labute approximate surface area is 120 Å². The van der Waals surface area contributed by atoms with E-state index in [0.717, 1.165) is 0 Å². The molecule has 2 heterocycles. The van der Waals surface area contributed by atoms with Gasteiger partial charge in [-0.2, -0.15) is 0 Å². The SMILES string of the molecule is Ic1ccccc1C(c1ccc[nH]1)c1ccc[nH]1. The average molecular weight is 348 g/mol. The smallest absolute Gasteiger partial charge is 0.0651 e. The maximum Gasteiger partial charge on any atom is 0.0651 e. The van der Waals surface area contributed by atoms with E-state index in [1.54, 1.807) is 0 Å². The minimum Gasteiger partial charge on any atom is -0.364 e. The molecular formula is C15H13IN2. The van der Waals surface area contributed by atoms with Gasteiger partial charge in [-0.3, -0.25) is 0 Å². The van der Waals surface area contributed by atoms with Gasteiger partial charge in [0, 0.05) is 27.4 Å². The van der Waals surface area contributed by atoms with Gasteiger partial charge in [-0.15, -0.1) is 0 Å². The van der Waals surface area contributed by atoms with Crippen LogP contribution in [-0.2, 0) is 0 Å². The second kappa shape index (κ2) is 5.02. The molecule has 0 amide bonds. The van der Waals surface area contributed by atoms with Crippen molar-refractivity contribution in [2.24, 2.45) is 0 Å². The maximum absolute atomic E-state index is 3.33. The number of rotatable bonds is 3. The van der Waals surface area contributed by atoms with E-state index in [9.17, 15) is 0 Å². The van der Waals surface area contributed by atoms with Crippen molar-refractivity contribution in [3.05, 3.63) is 81.4 Å². The zero-order valence-corrected chi connectivity index (χ0v) is 11.9. The van der Waals surface area contributed by atoms with Crippen molar-refractivity contribution in [3.8, 4) is 0 Å². The zero-order chi connectivity index (χ0) is 12.4. The van der Waals surface area contributed by atoms with E-state index in [1.807, 2.05) is 24.5 Å². The summed E-state index contributed by atoms with van der Waals surface area (Å²) in [6.45, 7) is 0. The Morgan fingerprint density at radius 2 is 1.39 bits per heavy atom. The lowest BCUT2D eigenvalue weighted by Gasteiger charge is -2.16. The minimum absolute atomic E-state index is 0.239. The number of benzene rings is 1. The van der Waals surface area contributed by atoms with Gasteiger partial charge >= 0.3 is 0 Å². The molecule has 0 fully saturated rings. The van der Waals surface area contributed by atoms with E-state index in [0.29, 0.717) is 0 Å². The average Bonchev–Trinajstić information content (AvgIpc) is 3.05. The van der Waals surface area contributed by atoms with Gasteiger partial charge in [0.1, 0.15) is 0 Å². The van der Waals surface area contributed by atoms with Crippen LogP contribution in [-0.4, -0.2) is 9.97 Å². The maximum atomic E-state index is 3.33. The predicted octanol–water partition coefficient (Wildman–Crippen LogP) is 4.13. The molecule has 2 aromatic heterocycles. The Bertz CT molecular complexity index is 578. The van der Waals surface area contributed by atoms with E-state index in [-0.39, 0.29) is 5.92 Å². The number of H-pyrrole nitrogens is 2. The zero-order valence-electron chi connectivity index (χ0n) is 9.73. The Morgan fingerprint density at radius 1 is 0.778 bits per heavy atom. The van der Waals surface area contributed by atoms with Crippen molar-refractivity contribution in [1.82, 2.24) is 9.97 Å². The second-order valence-corrected chi connectivity index (χ2v) is 5.37. The molecule has 2 N–H and O–H groups in total. The Morgan fingerprint density at radius 3 is 1.89 bits per heavy atom. The van der Waals surface area contributed by atoms with Crippen LogP contribution in [0.4, 0.5) is 0 Å². The molecule has 0 atom stereocenters. The van der Waals surface area contributed by atoms with Gasteiger partial charge in [-0.05, 0) is 58.5 Å². The number of hydrogen-bond acceptors (Lipinski definition) is 0. The molecule has 18 heavy (non-hydrogen) atoms. The highest BCUT2D eigenvalue weighted by molar-refractivity contribution is 14.1. The van der Waals surface area contributed by atoms with Crippen LogP contribution < -0.4 is 0 Å². The number of hydrogen-bond donors (Lipinski definition) is 2. The van der Waals surface area contributed by atoms with E-state index in [1.165, 1.54) is 20.5 Å². The van der Waals surface area contributed by atoms with E-state index in [4.69, 9.17) is 0 Å². The van der Waals surface area contributed by atoms with E-state index < -0.39 is 0 Å². The first-order valence-electron chi connectivity index (χ1n) is 5.87. The third-order valence-corrected chi connectivity index (χ3v) is 4.06. The van der Waals surface area contributed by atoms with Crippen LogP contribution >= 0.6 is 22.6 Å². The fraction of sp³-hybridized carbons (Fsp3) is 0.0667. The number of aromatic amines is 2. The molecule has 0 saturated carbocycles. The van der Waals surface area contributed by atoms with Crippen molar-refractivity contribution < 1.29 is 0 Å². The molecule has 3 rings (SSSR count). The first-order chi connectivity index (χ1) is 8.86.